The molecule has 1 unspecified atom stereocenters. The molecule has 0 saturated carbocycles. The van der Waals surface area contributed by atoms with Crippen LogP contribution in [-0.4, -0.2) is 17.1 Å². The lowest BCUT2D eigenvalue weighted by Gasteiger charge is -2.21. The van der Waals surface area contributed by atoms with E-state index in [1.54, 1.807) is 6.92 Å². The fourth-order valence-corrected chi connectivity index (χ4v) is 2.29. The molecule has 4 nitrogen and oxygen atoms in total. The molecule has 0 bridgehead atoms. The van der Waals surface area contributed by atoms with Crippen LogP contribution in [0.3, 0.4) is 0 Å². The molecule has 0 aliphatic carbocycles. The quantitative estimate of drug-likeness (QED) is 0.768. The molecule has 0 saturated heterocycles. The Hall–Kier alpha value is -1.17. The number of carbonyl (C=O) groups is 1. The van der Waals surface area contributed by atoms with Gasteiger partial charge in [0.15, 0.2) is 5.82 Å². The molecule has 0 amide bonds. The summed E-state index contributed by atoms with van der Waals surface area (Å²) in [6.45, 7) is 7.27. The molecule has 0 fully saturated rings. The molecule has 0 aromatic carbocycles. The predicted octanol–water partition coefficient (Wildman–Crippen LogP) is 3.21. The normalized spacial score (nSPS) is 12.6. The maximum Gasteiger partial charge on any atom is 0.329 e. The lowest BCUT2D eigenvalue weighted by Crippen LogP contribution is -2.34. The maximum atomic E-state index is 13.9. The summed E-state index contributed by atoms with van der Waals surface area (Å²) >= 11 is 3.20. The van der Waals surface area contributed by atoms with Crippen molar-refractivity contribution < 1.29 is 13.9 Å². The number of hydrogen-bond acceptors (Lipinski definition) is 3. The number of rotatable bonds is 5. The van der Waals surface area contributed by atoms with Crippen molar-refractivity contribution in [3.8, 4) is 0 Å². The summed E-state index contributed by atoms with van der Waals surface area (Å²) in [4.78, 5) is 24.1. The number of ether oxygens (including phenoxy) is 1. The smallest absolute Gasteiger partial charge is 0.329 e. The van der Waals surface area contributed by atoms with Gasteiger partial charge in [-0.2, -0.15) is 0 Å². The number of halogens is 2. The first-order chi connectivity index (χ1) is 9.29. The van der Waals surface area contributed by atoms with Crippen LogP contribution >= 0.6 is 15.9 Å². The van der Waals surface area contributed by atoms with Crippen LogP contribution in [0.5, 0.6) is 0 Å². The van der Waals surface area contributed by atoms with Crippen LogP contribution < -0.4 is 5.56 Å². The standard InChI is InChI=1S/C14H19BrFNO3/c1-5-20-14(19)11(6-8(2)3)17-7-10(15)9(4)12(16)13(17)18/h7-8,11H,5-6H2,1-4H3. The van der Waals surface area contributed by atoms with Crippen molar-refractivity contribution in [3.63, 3.8) is 0 Å². The monoisotopic (exact) mass is 347 g/mol. The van der Waals surface area contributed by atoms with Crippen molar-refractivity contribution in [1.82, 2.24) is 4.57 Å². The van der Waals surface area contributed by atoms with Crippen molar-refractivity contribution >= 4 is 21.9 Å². The van der Waals surface area contributed by atoms with Gasteiger partial charge in [-0.05, 0) is 42.1 Å². The zero-order valence-corrected chi connectivity index (χ0v) is 13.7. The van der Waals surface area contributed by atoms with Crippen LogP contribution in [0.25, 0.3) is 0 Å². The van der Waals surface area contributed by atoms with E-state index in [0.717, 1.165) is 4.57 Å². The molecule has 0 spiro atoms. The van der Waals surface area contributed by atoms with E-state index in [9.17, 15) is 14.0 Å². The predicted molar refractivity (Wildman–Crippen MR) is 78.2 cm³/mol. The molecule has 6 heteroatoms. The molecule has 0 aliphatic rings. The summed E-state index contributed by atoms with van der Waals surface area (Å²) in [6, 6.07) is -0.811. The van der Waals surface area contributed by atoms with Gasteiger partial charge >= 0.3 is 5.97 Å². The SMILES string of the molecule is CCOC(=O)C(CC(C)C)n1cc(Br)c(C)c(F)c1=O. The minimum Gasteiger partial charge on any atom is -0.464 e. The van der Waals surface area contributed by atoms with Crippen LogP contribution in [0, 0.1) is 18.7 Å². The molecule has 112 valence electrons. The van der Waals surface area contributed by atoms with Gasteiger partial charge in [-0.15, -0.1) is 0 Å². The van der Waals surface area contributed by atoms with E-state index in [2.05, 4.69) is 15.9 Å². The van der Waals surface area contributed by atoms with Crippen molar-refractivity contribution in [2.45, 2.75) is 40.2 Å². The second kappa shape index (κ2) is 7.02. The highest BCUT2D eigenvalue weighted by Crippen LogP contribution is 2.22. The molecule has 0 N–H and O–H groups in total. The summed E-state index contributed by atoms with van der Waals surface area (Å²) in [5.74, 6) is -1.20. The molecular formula is C14H19BrFNO3. The van der Waals surface area contributed by atoms with Crippen molar-refractivity contribution in [3.05, 3.63) is 32.4 Å². The van der Waals surface area contributed by atoms with Crippen LogP contribution in [0.4, 0.5) is 4.39 Å². The molecule has 1 aromatic heterocycles. The Kier molecular flexibility index (Phi) is 5.92. The van der Waals surface area contributed by atoms with Crippen LogP contribution in [0.1, 0.15) is 38.8 Å². The van der Waals surface area contributed by atoms with E-state index in [4.69, 9.17) is 4.74 Å². The summed E-state index contributed by atoms with van der Waals surface area (Å²) in [6.07, 6.45) is 1.86. The fourth-order valence-electron chi connectivity index (χ4n) is 1.90. The third-order valence-corrected chi connectivity index (χ3v) is 3.75. The van der Waals surface area contributed by atoms with Gasteiger partial charge in [-0.3, -0.25) is 9.36 Å². The molecule has 0 radical (unpaired) electrons. The summed E-state index contributed by atoms with van der Waals surface area (Å²) in [7, 11) is 0. The van der Waals surface area contributed by atoms with E-state index in [0.29, 0.717) is 10.9 Å². The van der Waals surface area contributed by atoms with Gasteiger partial charge in [0.1, 0.15) is 6.04 Å². The first kappa shape index (κ1) is 16.9. The van der Waals surface area contributed by atoms with Crippen LogP contribution in [0.2, 0.25) is 0 Å². The number of esters is 1. The third kappa shape index (κ3) is 3.69. The number of nitrogens with zero attached hydrogens (tertiary/aromatic N) is 1. The first-order valence-corrected chi connectivity index (χ1v) is 7.32. The lowest BCUT2D eigenvalue weighted by atomic mass is 10.0. The van der Waals surface area contributed by atoms with Gasteiger partial charge in [0.05, 0.1) is 6.61 Å². The average molecular weight is 348 g/mol. The van der Waals surface area contributed by atoms with E-state index >= 15 is 0 Å². The van der Waals surface area contributed by atoms with Gasteiger partial charge in [-0.1, -0.05) is 13.8 Å². The Labute approximate surface area is 126 Å². The highest BCUT2D eigenvalue weighted by atomic mass is 79.9. The van der Waals surface area contributed by atoms with Gasteiger partial charge in [0.25, 0.3) is 5.56 Å². The van der Waals surface area contributed by atoms with E-state index in [-0.39, 0.29) is 18.1 Å². The number of aromatic nitrogens is 1. The fraction of sp³-hybridized carbons (Fsp3) is 0.571. The van der Waals surface area contributed by atoms with Gasteiger partial charge in [-0.25, -0.2) is 9.18 Å². The Morgan fingerprint density at radius 1 is 1.50 bits per heavy atom. The van der Waals surface area contributed by atoms with E-state index < -0.39 is 23.4 Å². The molecule has 0 aliphatic heterocycles. The first-order valence-electron chi connectivity index (χ1n) is 6.52. The zero-order chi connectivity index (χ0) is 15.4. The lowest BCUT2D eigenvalue weighted by molar-refractivity contribution is -0.147. The average Bonchev–Trinajstić information content (AvgIpc) is 2.38. The minimum atomic E-state index is -0.850. The highest BCUT2D eigenvalue weighted by Gasteiger charge is 2.26. The van der Waals surface area contributed by atoms with E-state index in [1.165, 1.54) is 13.1 Å². The Balaban J connectivity index is 3.34. The molecule has 1 atom stereocenters. The van der Waals surface area contributed by atoms with Crippen LogP contribution in [0.15, 0.2) is 15.5 Å². The number of carbonyl (C=O) groups excluding carboxylic acids is 1. The van der Waals surface area contributed by atoms with Crippen molar-refractivity contribution in [2.75, 3.05) is 6.61 Å². The maximum absolute atomic E-state index is 13.9. The summed E-state index contributed by atoms with van der Waals surface area (Å²) in [5.41, 5.74) is -0.567. The van der Waals surface area contributed by atoms with Crippen LogP contribution in [-0.2, 0) is 9.53 Å². The molecule has 20 heavy (non-hydrogen) atoms. The third-order valence-electron chi connectivity index (χ3n) is 2.95. The summed E-state index contributed by atoms with van der Waals surface area (Å²) in [5, 5.41) is 0. The highest BCUT2D eigenvalue weighted by molar-refractivity contribution is 9.10. The second-order valence-electron chi connectivity index (χ2n) is 5.03. The Bertz CT molecular complexity index is 554. The number of hydrogen-bond donors (Lipinski definition) is 0. The molecule has 1 heterocycles. The molecule has 1 aromatic rings. The summed E-state index contributed by atoms with van der Waals surface area (Å²) < 4.78 is 20.4. The topological polar surface area (TPSA) is 48.3 Å². The van der Waals surface area contributed by atoms with Crippen molar-refractivity contribution in [1.29, 1.82) is 0 Å². The Morgan fingerprint density at radius 3 is 2.60 bits per heavy atom. The van der Waals surface area contributed by atoms with E-state index in [1.807, 2.05) is 13.8 Å². The Morgan fingerprint density at radius 2 is 2.10 bits per heavy atom. The second-order valence-corrected chi connectivity index (χ2v) is 5.88. The number of pyridine rings is 1. The minimum absolute atomic E-state index is 0.166. The zero-order valence-electron chi connectivity index (χ0n) is 12.1. The van der Waals surface area contributed by atoms with Gasteiger partial charge in [0, 0.05) is 16.2 Å². The van der Waals surface area contributed by atoms with Gasteiger partial charge < -0.3 is 4.74 Å². The van der Waals surface area contributed by atoms with Gasteiger partial charge in [0.2, 0.25) is 0 Å². The van der Waals surface area contributed by atoms with Crippen molar-refractivity contribution in [2.24, 2.45) is 5.92 Å². The molecular weight excluding hydrogens is 329 g/mol. The largest absolute Gasteiger partial charge is 0.464 e. The molecule has 1 rings (SSSR count).